The molecule has 0 aromatic heterocycles. The molecule has 0 aliphatic rings. The van der Waals surface area contributed by atoms with Gasteiger partial charge in [-0.05, 0) is 13.0 Å². The molecule has 0 radical (unpaired) electrons. The Labute approximate surface area is 109 Å². The summed E-state index contributed by atoms with van der Waals surface area (Å²) in [4.78, 5) is 0. The topological polar surface area (TPSA) is 55.4 Å². The molecule has 0 atom stereocenters. The highest BCUT2D eigenvalue weighted by Crippen LogP contribution is 2.17. The lowest BCUT2D eigenvalue weighted by molar-refractivity contribution is 0.335. The van der Waals surface area contributed by atoms with Gasteiger partial charge in [0.2, 0.25) is 0 Å². The lowest BCUT2D eigenvalue weighted by atomic mass is 10.2. The van der Waals surface area contributed by atoms with Gasteiger partial charge in [-0.1, -0.05) is 25.1 Å². The SMILES string of the molecule is CCOc1ccccc1CNCCS(=O)(=O)CC. The van der Waals surface area contributed by atoms with Crippen molar-refractivity contribution in [3.63, 3.8) is 0 Å². The van der Waals surface area contributed by atoms with Crippen molar-refractivity contribution in [1.82, 2.24) is 5.32 Å². The number of sulfone groups is 1. The quantitative estimate of drug-likeness (QED) is 0.730. The van der Waals surface area contributed by atoms with Crippen LogP contribution in [-0.4, -0.2) is 33.1 Å². The molecule has 1 N–H and O–H groups in total. The Morgan fingerprint density at radius 2 is 1.94 bits per heavy atom. The monoisotopic (exact) mass is 271 g/mol. The van der Waals surface area contributed by atoms with E-state index in [-0.39, 0.29) is 11.5 Å². The van der Waals surface area contributed by atoms with E-state index in [9.17, 15) is 8.42 Å². The number of nitrogens with one attached hydrogen (secondary N) is 1. The minimum absolute atomic E-state index is 0.181. The summed E-state index contributed by atoms with van der Waals surface area (Å²) in [6.07, 6.45) is 0. The lowest BCUT2D eigenvalue weighted by Crippen LogP contribution is -2.23. The Morgan fingerprint density at radius 1 is 1.22 bits per heavy atom. The molecule has 0 fully saturated rings. The summed E-state index contributed by atoms with van der Waals surface area (Å²) in [5.41, 5.74) is 1.05. The van der Waals surface area contributed by atoms with Crippen LogP contribution in [0, 0.1) is 0 Å². The van der Waals surface area contributed by atoms with Crippen molar-refractivity contribution in [1.29, 1.82) is 0 Å². The highest BCUT2D eigenvalue weighted by Gasteiger charge is 2.07. The van der Waals surface area contributed by atoms with Crippen molar-refractivity contribution in [3.8, 4) is 5.75 Å². The van der Waals surface area contributed by atoms with Crippen molar-refractivity contribution < 1.29 is 13.2 Å². The predicted molar refractivity (Wildman–Crippen MR) is 73.6 cm³/mol. The van der Waals surface area contributed by atoms with E-state index in [4.69, 9.17) is 4.74 Å². The highest BCUT2D eigenvalue weighted by molar-refractivity contribution is 7.91. The average molecular weight is 271 g/mol. The third kappa shape index (κ3) is 5.06. The fraction of sp³-hybridized carbons (Fsp3) is 0.538. The second-order valence-corrected chi connectivity index (χ2v) is 6.43. The first-order valence-electron chi connectivity index (χ1n) is 6.21. The molecule has 1 rings (SSSR count). The Kier molecular flexibility index (Phi) is 6.15. The molecule has 0 bridgehead atoms. The molecule has 18 heavy (non-hydrogen) atoms. The van der Waals surface area contributed by atoms with Crippen LogP contribution in [0.25, 0.3) is 0 Å². The van der Waals surface area contributed by atoms with Gasteiger partial charge in [0.1, 0.15) is 5.75 Å². The van der Waals surface area contributed by atoms with Gasteiger partial charge in [0, 0.05) is 24.4 Å². The van der Waals surface area contributed by atoms with Gasteiger partial charge in [-0.15, -0.1) is 0 Å². The van der Waals surface area contributed by atoms with Crippen LogP contribution in [0.3, 0.4) is 0 Å². The van der Waals surface area contributed by atoms with Crippen molar-refractivity contribution in [2.24, 2.45) is 0 Å². The molecular formula is C13H21NO3S. The second-order valence-electron chi connectivity index (χ2n) is 3.95. The van der Waals surface area contributed by atoms with Crippen LogP contribution in [0.4, 0.5) is 0 Å². The molecule has 0 aliphatic carbocycles. The van der Waals surface area contributed by atoms with Crippen LogP contribution in [0.5, 0.6) is 5.75 Å². The molecule has 1 aromatic rings. The predicted octanol–water partition coefficient (Wildman–Crippen LogP) is 1.61. The van der Waals surface area contributed by atoms with E-state index < -0.39 is 9.84 Å². The van der Waals surface area contributed by atoms with Crippen LogP contribution in [-0.2, 0) is 16.4 Å². The maximum atomic E-state index is 11.3. The van der Waals surface area contributed by atoms with Crippen LogP contribution in [0.1, 0.15) is 19.4 Å². The number of hydrogen-bond donors (Lipinski definition) is 1. The normalized spacial score (nSPS) is 11.4. The first kappa shape index (κ1) is 15.0. The van der Waals surface area contributed by atoms with Gasteiger partial charge < -0.3 is 10.1 Å². The van der Waals surface area contributed by atoms with E-state index in [1.165, 1.54) is 0 Å². The average Bonchev–Trinajstić information content (AvgIpc) is 2.37. The minimum atomic E-state index is -2.89. The molecule has 0 spiro atoms. The van der Waals surface area contributed by atoms with Crippen molar-refractivity contribution in [2.75, 3.05) is 24.7 Å². The van der Waals surface area contributed by atoms with Crippen molar-refractivity contribution in [2.45, 2.75) is 20.4 Å². The molecule has 1 aromatic carbocycles. The molecule has 0 saturated carbocycles. The number of ether oxygens (including phenoxy) is 1. The van der Waals surface area contributed by atoms with Gasteiger partial charge in [0.25, 0.3) is 0 Å². The number of para-hydroxylation sites is 1. The first-order chi connectivity index (χ1) is 8.59. The second kappa shape index (κ2) is 7.38. The summed E-state index contributed by atoms with van der Waals surface area (Å²) in [6, 6.07) is 7.77. The van der Waals surface area contributed by atoms with Gasteiger partial charge in [-0.25, -0.2) is 8.42 Å². The Balaban J connectivity index is 2.44. The number of hydrogen-bond acceptors (Lipinski definition) is 4. The molecule has 0 aliphatic heterocycles. The zero-order valence-electron chi connectivity index (χ0n) is 11.0. The molecule has 5 heteroatoms. The van der Waals surface area contributed by atoms with Gasteiger partial charge in [0.15, 0.2) is 9.84 Å². The summed E-state index contributed by atoms with van der Waals surface area (Å²) >= 11 is 0. The zero-order valence-corrected chi connectivity index (χ0v) is 11.8. The number of benzene rings is 1. The minimum Gasteiger partial charge on any atom is -0.494 e. The van der Waals surface area contributed by atoms with E-state index in [0.29, 0.717) is 19.7 Å². The molecular weight excluding hydrogens is 250 g/mol. The summed E-state index contributed by atoms with van der Waals surface area (Å²) in [5, 5.41) is 3.13. The van der Waals surface area contributed by atoms with Crippen LogP contribution >= 0.6 is 0 Å². The summed E-state index contributed by atoms with van der Waals surface area (Å²) in [7, 11) is -2.89. The molecule has 0 heterocycles. The third-order valence-corrected chi connectivity index (χ3v) is 4.32. The van der Waals surface area contributed by atoms with Crippen molar-refractivity contribution in [3.05, 3.63) is 29.8 Å². The maximum Gasteiger partial charge on any atom is 0.151 e. The third-order valence-electron chi connectivity index (χ3n) is 2.62. The molecule has 4 nitrogen and oxygen atoms in total. The molecule has 0 saturated heterocycles. The van der Waals surface area contributed by atoms with E-state index in [0.717, 1.165) is 11.3 Å². The van der Waals surface area contributed by atoms with Gasteiger partial charge in [-0.2, -0.15) is 0 Å². The summed E-state index contributed by atoms with van der Waals surface area (Å²) < 4.78 is 28.1. The van der Waals surface area contributed by atoms with E-state index in [1.807, 2.05) is 31.2 Å². The number of rotatable bonds is 8. The fourth-order valence-electron chi connectivity index (χ4n) is 1.54. The lowest BCUT2D eigenvalue weighted by Gasteiger charge is -2.10. The van der Waals surface area contributed by atoms with Gasteiger partial charge in [0.05, 0.1) is 12.4 Å². The van der Waals surface area contributed by atoms with Crippen LogP contribution in [0.15, 0.2) is 24.3 Å². The highest BCUT2D eigenvalue weighted by atomic mass is 32.2. The molecule has 0 amide bonds. The Morgan fingerprint density at radius 3 is 2.61 bits per heavy atom. The van der Waals surface area contributed by atoms with E-state index in [1.54, 1.807) is 6.92 Å². The summed E-state index contributed by atoms with van der Waals surface area (Å²) in [5.74, 6) is 1.23. The molecule has 0 unspecified atom stereocenters. The largest absolute Gasteiger partial charge is 0.494 e. The first-order valence-corrected chi connectivity index (χ1v) is 8.03. The zero-order chi connectivity index (χ0) is 13.4. The Bertz CT molecular complexity index is 457. The smallest absolute Gasteiger partial charge is 0.151 e. The standard InChI is InChI=1S/C13H21NO3S/c1-3-17-13-8-6-5-7-12(13)11-14-9-10-18(15,16)4-2/h5-8,14H,3-4,9-11H2,1-2H3. The van der Waals surface area contributed by atoms with Gasteiger partial charge in [-0.3, -0.25) is 0 Å². The molecule has 102 valence electrons. The maximum absolute atomic E-state index is 11.3. The van der Waals surface area contributed by atoms with E-state index >= 15 is 0 Å². The fourth-order valence-corrected chi connectivity index (χ4v) is 2.29. The van der Waals surface area contributed by atoms with Gasteiger partial charge >= 0.3 is 0 Å². The van der Waals surface area contributed by atoms with Crippen molar-refractivity contribution >= 4 is 9.84 Å². The van der Waals surface area contributed by atoms with Crippen LogP contribution in [0.2, 0.25) is 0 Å². The van der Waals surface area contributed by atoms with E-state index in [2.05, 4.69) is 5.32 Å². The van der Waals surface area contributed by atoms with Crippen LogP contribution < -0.4 is 10.1 Å². The summed E-state index contributed by atoms with van der Waals surface area (Å²) in [6.45, 7) is 5.32. The Hall–Kier alpha value is -1.07.